The van der Waals surface area contributed by atoms with Gasteiger partial charge in [0.25, 0.3) is 0 Å². The highest BCUT2D eigenvalue weighted by molar-refractivity contribution is 5.31. The molecule has 0 saturated carbocycles. The van der Waals surface area contributed by atoms with Gasteiger partial charge in [-0.3, -0.25) is 0 Å². The molecule has 1 unspecified atom stereocenters. The summed E-state index contributed by atoms with van der Waals surface area (Å²) in [5.74, 6) is -0.121. The molecule has 0 aliphatic heterocycles. The molecule has 0 aliphatic carbocycles. The molecule has 1 N–H and O–H groups in total. The lowest BCUT2D eigenvalue weighted by atomic mass is 9.95. The zero-order valence-corrected chi connectivity index (χ0v) is 12.4. The summed E-state index contributed by atoms with van der Waals surface area (Å²) < 4.78 is 14.2. The highest BCUT2D eigenvalue weighted by atomic mass is 19.1. The van der Waals surface area contributed by atoms with Crippen LogP contribution in [0.5, 0.6) is 0 Å². The van der Waals surface area contributed by atoms with E-state index in [4.69, 9.17) is 0 Å². The molecule has 106 valence electrons. The van der Waals surface area contributed by atoms with Crippen molar-refractivity contribution in [1.29, 1.82) is 0 Å². The van der Waals surface area contributed by atoms with Crippen molar-refractivity contribution in [2.45, 2.75) is 33.2 Å². The molecule has 1 atom stereocenters. The van der Waals surface area contributed by atoms with Crippen LogP contribution in [-0.2, 0) is 6.42 Å². The van der Waals surface area contributed by atoms with Crippen molar-refractivity contribution < 1.29 is 4.39 Å². The van der Waals surface area contributed by atoms with Crippen LogP contribution < -0.4 is 5.32 Å². The fourth-order valence-electron chi connectivity index (χ4n) is 2.51. The molecule has 0 bridgehead atoms. The Bertz CT molecular complexity index is 577. The Morgan fingerprint density at radius 1 is 1.10 bits per heavy atom. The molecule has 0 amide bonds. The van der Waals surface area contributed by atoms with Crippen LogP contribution in [0, 0.1) is 19.7 Å². The van der Waals surface area contributed by atoms with Crippen molar-refractivity contribution >= 4 is 0 Å². The van der Waals surface area contributed by atoms with Gasteiger partial charge in [-0.25, -0.2) is 4.39 Å². The molecule has 20 heavy (non-hydrogen) atoms. The topological polar surface area (TPSA) is 12.0 Å². The highest BCUT2D eigenvalue weighted by Crippen LogP contribution is 2.23. The van der Waals surface area contributed by atoms with E-state index in [0.29, 0.717) is 0 Å². The Hall–Kier alpha value is -1.67. The van der Waals surface area contributed by atoms with Crippen molar-refractivity contribution in [2.75, 3.05) is 6.54 Å². The fourth-order valence-corrected chi connectivity index (χ4v) is 2.51. The number of nitrogens with one attached hydrogen (secondary N) is 1. The van der Waals surface area contributed by atoms with Gasteiger partial charge in [0, 0.05) is 11.6 Å². The zero-order chi connectivity index (χ0) is 14.5. The zero-order valence-electron chi connectivity index (χ0n) is 12.4. The predicted octanol–water partition coefficient (Wildman–Crippen LogP) is 4.34. The second kappa shape index (κ2) is 6.67. The van der Waals surface area contributed by atoms with Crippen molar-refractivity contribution in [3.05, 3.63) is 70.5 Å². The number of hydrogen-bond acceptors (Lipinski definition) is 1. The van der Waals surface area contributed by atoms with Crippen LogP contribution in [0.2, 0.25) is 0 Å². The van der Waals surface area contributed by atoms with Crippen LogP contribution in [0.3, 0.4) is 0 Å². The Kier molecular flexibility index (Phi) is 4.91. The number of likely N-dealkylation sites (N-methyl/N-ethyl adjacent to an activating group) is 1. The van der Waals surface area contributed by atoms with E-state index in [1.54, 1.807) is 6.07 Å². The molecule has 1 nitrogen and oxygen atoms in total. The van der Waals surface area contributed by atoms with E-state index in [2.05, 4.69) is 31.3 Å². The molecule has 0 heterocycles. The summed E-state index contributed by atoms with van der Waals surface area (Å²) in [6, 6.07) is 13.8. The molecule has 0 aliphatic rings. The summed E-state index contributed by atoms with van der Waals surface area (Å²) in [4.78, 5) is 0. The Morgan fingerprint density at radius 2 is 1.85 bits per heavy atom. The van der Waals surface area contributed by atoms with Gasteiger partial charge in [-0.2, -0.15) is 0 Å². The molecule has 2 rings (SSSR count). The number of halogens is 1. The van der Waals surface area contributed by atoms with Gasteiger partial charge < -0.3 is 5.32 Å². The average molecular weight is 271 g/mol. The molecule has 0 fully saturated rings. The summed E-state index contributed by atoms with van der Waals surface area (Å²) >= 11 is 0. The third kappa shape index (κ3) is 3.45. The van der Waals surface area contributed by atoms with E-state index in [-0.39, 0.29) is 11.9 Å². The maximum atomic E-state index is 14.2. The quantitative estimate of drug-likeness (QED) is 0.853. The molecule has 2 aromatic carbocycles. The van der Waals surface area contributed by atoms with Crippen LogP contribution in [0.25, 0.3) is 0 Å². The van der Waals surface area contributed by atoms with E-state index < -0.39 is 0 Å². The summed E-state index contributed by atoms with van der Waals surface area (Å²) in [7, 11) is 0. The van der Waals surface area contributed by atoms with Crippen molar-refractivity contribution in [2.24, 2.45) is 0 Å². The average Bonchev–Trinajstić information content (AvgIpc) is 2.41. The number of hydrogen-bond donors (Lipinski definition) is 1. The summed E-state index contributed by atoms with van der Waals surface area (Å²) in [6.07, 6.45) is 0.806. The second-order valence-corrected chi connectivity index (χ2v) is 5.27. The van der Waals surface area contributed by atoms with Crippen LogP contribution in [0.1, 0.15) is 35.2 Å². The number of benzene rings is 2. The lowest BCUT2D eigenvalue weighted by molar-refractivity contribution is 0.509. The van der Waals surface area contributed by atoms with Crippen LogP contribution in [0.4, 0.5) is 4.39 Å². The third-order valence-electron chi connectivity index (χ3n) is 3.67. The second-order valence-electron chi connectivity index (χ2n) is 5.27. The van der Waals surface area contributed by atoms with E-state index in [0.717, 1.165) is 24.1 Å². The first-order chi connectivity index (χ1) is 9.61. The van der Waals surface area contributed by atoms with Gasteiger partial charge in [0.2, 0.25) is 0 Å². The number of aryl methyl sites for hydroxylation is 2. The minimum Gasteiger partial charge on any atom is -0.310 e. The van der Waals surface area contributed by atoms with E-state index in [1.165, 1.54) is 11.1 Å². The molecule has 0 radical (unpaired) electrons. The van der Waals surface area contributed by atoms with Gasteiger partial charge in [0.15, 0.2) is 0 Å². The SMILES string of the molecule is CCNC(Cc1ccccc1C)c1ccc(C)cc1F. The first-order valence-electron chi connectivity index (χ1n) is 7.15. The molecule has 0 aromatic heterocycles. The molecular formula is C18H22FN. The maximum absolute atomic E-state index is 14.2. The smallest absolute Gasteiger partial charge is 0.128 e. The van der Waals surface area contributed by atoms with Gasteiger partial charge in [0.1, 0.15) is 5.82 Å². The van der Waals surface area contributed by atoms with Gasteiger partial charge in [0.05, 0.1) is 0 Å². The van der Waals surface area contributed by atoms with E-state index >= 15 is 0 Å². The Balaban J connectivity index is 2.29. The van der Waals surface area contributed by atoms with Gasteiger partial charge in [-0.1, -0.05) is 43.3 Å². The Morgan fingerprint density at radius 3 is 2.50 bits per heavy atom. The van der Waals surface area contributed by atoms with Gasteiger partial charge >= 0.3 is 0 Å². The maximum Gasteiger partial charge on any atom is 0.128 e. The molecule has 2 aromatic rings. The summed E-state index contributed by atoms with van der Waals surface area (Å²) in [6.45, 7) is 6.89. The third-order valence-corrected chi connectivity index (χ3v) is 3.67. The highest BCUT2D eigenvalue weighted by Gasteiger charge is 2.16. The van der Waals surface area contributed by atoms with Crippen molar-refractivity contribution in [1.82, 2.24) is 5.32 Å². The first kappa shape index (κ1) is 14.7. The van der Waals surface area contributed by atoms with E-state index in [1.807, 2.05) is 31.2 Å². The van der Waals surface area contributed by atoms with Crippen LogP contribution in [0.15, 0.2) is 42.5 Å². The predicted molar refractivity (Wildman–Crippen MR) is 82.4 cm³/mol. The minimum atomic E-state index is -0.121. The lowest BCUT2D eigenvalue weighted by Gasteiger charge is -2.20. The summed E-state index contributed by atoms with van der Waals surface area (Å²) in [5, 5.41) is 3.39. The molecular weight excluding hydrogens is 249 g/mol. The summed E-state index contributed by atoms with van der Waals surface area (Å²) in [5.41, 5.74) is 4.22. The molecule has 0 saturated heterocycles. The van der Waals surface area contributed by atoms with E-state index in [9.17, 15) is 4.39 Å². The van der Waals surface area contributed by atoms with Gasteiger partial charge in [-0.15, -0.1) is 0 Å². The lowest BCUT2D eigenvalue weighted by Crippen LogP contribution is -2.24. The number of rotatable bonds is 5. The molecule has 2 heteroatoms. The normalized spacial score (nSPS) is 12.4. The van der Waals surface area contributed by atoms with Gasteiger partial charge in [-0.05, 0) is 49.6 Å². The monoisotopic (exact) mass is 271 g/mol. The Labute approximate surface area is 120 Å². The molecule has 0 spiro atoms. The van der Waals surface area contributed by atoms with Crippen LogP contribution in [-0.4, -0.2) is 6.54 Å². The van der Waals surface area contributed by atoms with Crippen molar-refractivity contribution in [3.63, 3.8) is 0 Å². The minimum absolute atomic E-state index is 0.0155. The first-order valence-corrected chi connectivity index (χ1v) is 7.15. The standard InChI is InChI=1S/C18H22FN/c1-4-20-18(12-15-8-6-5-7-14(15)3)16-10-9-13(2)11-17(16)19/h5-11,18,20H,4,12H2,1-3H3. The van der Waals surface area contributed by atoms with Crippen LogP contribution >= 0.6 is 0 Å². The largest absolute Gasteiger partial charge is 0.310 e. The fraction of sp³-hybridized carbons (Fsp3) is 0.333. The van der Waals surface area contributed by atoms with Crippen molar-refractivity contribution in [3.8, 4) is 0 Å².